The van der Waals surface area contributed by atoms with Crippen molar-refractivity contribution < 1.29 is 9.53 Å². The van der Waals surface area contributed by atoms with Gasteiger partial charge < -0.3 is 15.4 Å². The van der Waals surface area contributed by atoms with Crippen molar-refractivity contribution in [2.45, 2.75) is 52.0 Å². The maximum atomic E-state index is 11.5. The average Bonchev–Trinajstić information content (AvgIpc) is 2.54. The third kappa shape index (κ3) is 3.80. The van der Waals surface area contributed by atoms with Crippen LogP contribution in [0.1, 0.15) is 42.9 Å². The molecule has 0 spiro atoms. The van der Waals surface area contributed by atoms with E-state index in [0.717, 1.165) is 25.1 Å². The first-order valence-electron chi connectivity index (χ1n) is 8.27. The van der Waals surface area contributed by atoms with Crippen molar-refractivity contribution in [3.63, 3.8) is 0 Å². The molecule has 0 aromatic heterocycles. The summed E-state index contributed by atoms with van der Waals surface area (Å²) >= 11 is 0. The number of piperidine rings is 1. The van der Waals surface area contributed by atoms with Gasteiger partial charge in [-0.25, -0.2) is 0 Å². The van der Waals surface area contributed by atoms with Crippen LogP contribution in [-0.4, -0.2) is 32.2 Å². The minimum atomic E-state index is -0.588. The van der Waals surface area contributed by atoms with E-state index in [0.29, 0.717) is 6.42 Å². The molecule has 4 heteroatoms. The van der Waals surface area contributed by atoms with E-state index in [-0.39, 0.29) is 5.97 Å². The van der Waals surface area contributed by atoms with Gasteiger partial charge in [0.25, 0.3) is 0 Å². The van der Waals surface area contributed by atoms with Crippen LogP contribution in [0.2, 0.25) is 0 Å². The number of hydrogen-bond acceptors (Lipinski definition) is 4. The van der Waals surface area contributed by atoms with Crippen LogP contribution in [0.25, 0.3) is 0 Å². The summed E-state index contributed by atoms with van der Waals surface area (Å²) in [5, 5.41) is 0. The number of anilines is 1. The molecule has 122 valence electrons. The number of hydrogen-bond donors (Lipinski definition) is 1. The summed E-state index contributed by atoms with van der Waals surface area (Å²) in [6, 6.07) is 3.79. The van der Waals surface area contributed by atoms with Crippen LogP contribution in [0.4, 0.5) is 5.69 Å². The average molecular weight is 304 g/mol. The Morgan fingerprint density at radius 1 is 1.32 bits per heavy atom. The maximum absolute atomic E-state index is 11.5. The molecule has 2 rings (SSSR count). The number of nitrogens with two attached hydrogens (primary N) is 1. The molecular formula is C18H28N2O2. The standard InChI is InChI=1S/C18H28N2O2/c1-4-15-11-14(12-16(19)18(21)22-3)10-13(2)17(15)20-8-6-5-7-9-20/h10-11,16H,4-9,12,19H2,1-3H3. The fourth-order valence-corrected chi connectivity index (χ4v) is 3.38. The number of carbonyl (C=O) groups is 1. The number of esters is 1. The third-order valence-electron chi connectivity index (χ3n) is 4.45. The van der Waals surface area contributed by atoms with Gasteiger partial charge in [0.05, 0.1) is 7.11 Å². The first-order chi connectivity index (χ1) is 10.6. The molecule has 1 aromatic carbocycles. The second-order valence-corrected chi connectivity index (χ2v) is 6.16. The number of carbonyl (C=O) groups excluding carboxylic acids is 1. The van der Waals surface area contributed by atoms with Gasteiger partial charge in [-0.1, -0.05) is 19.1 Å². The molecule has 1 fully saturated rings. The van der Waals surface area contributed by atoms with Crippen molar-refractivity contribution in [1.29, 1.82) is 0 Å². The Bertz CT molecular complexity index is 522. The molecular weight excluding hydrogens is 276 g/mol. The predicted octanol–water partition coefficient (Wildman–Crippen LogP) is 2.59. The largest absolute Gasteiger partial charge is 0.468 e. The molecule has 0 aliphatic carbocycles. The lowest BCUT2D eigenvalue weighted by atomic mass is 9.96. The van der Waals surface area contributed by atoms with Crippen molar-refractivity contribution in [3.05, 3.63) is 28.8 Å². The molecule has 1 aromatic rings. The fraction of sp³-hybridized carbons (Fsp3) is 0.611. The molecule has 22 heavy (non-hydrogen) atoms. The van der Waals surface area contributed by atoms with Crippen LogP contribution < -0.4 is 10.6 Å². The molecule has 0 bridgehead atoms. The lowest BCUT2D eigenvalue weighted by molar-refractivity contribution is -0.142. The molecule has 1 aliphatic rings. The summed E-state index contributed by atoms with van der Waals surface area (Å²) in [6.45, 7) is 6.65. The normalized spacial score (nSPS) is 16.5. The number of rotatable bonds is 5. The van der Waals surface area contributed by atoms with Gasteiger partial charge in [-0.15, -0.1) is 0 Å². The minimum Gasteiger partial charge on any atom is -0.468 e. The molecule has 4 nitrogen and oxygen atoms in total. The Morgan fingerprint density at radius 2 is 2.00 bits per heavy atom. The first kappa shape index (κ1) is 16.8. The molecule has 0 saturated carbocycles. The van der Waals surface area contributed by atoms with Crippen molar-refractivity contribution in [2.75, 3.05) is 25.1 Å². The summed E-state index contributed by atoms with van der Waals surface area (Å²) in [6.07, 6.45) is 5.41. The van der Waals surface area contributed by atoms with Crippen LogP contribution in [0.5, 0.6) is 0 Å². The van der Waals surface area contributed by atoms with Gasteiger partial charge in [0, 0.05) is 18.8 Å². The lowest BCUT2D eigenvalue weighted by Gasteiger charge is -2.32. The van der Waals surface area contributed by atoms with Crippen LogP contribution >= 0.6 is 0 Å². The Labute approximate surface area is 133 Å². The molecule has 1 aliphatic heterocycles. The van der Waals surface area contributed by atoms with Gasteiger partial charge in [-0.2, -0.15) is 0 Å². The van der Waals surface area contributed by atoms with Crippen LogP contribution in [0, 0.1) is 6.92 Å². The van der Waals surface area contributed by atoms with Gasteiger partial charge >= 0.3 is 5.97 Å². The zero-order valence-corrected chi connectivity index (χ0v) is 14.0. The zero-order chi connectivity index (χ0) is 16.1. The number of aryl methyl sites for hydroxylation is 2. The van der Waals surface area contributed by atoms with Crippen LogP contribution in [0.3, 0.4) is 0 Å². The van der Waals surface area contributed by atoms with Crippen LogP contribution in [-0.2, 0) is 22.4 Å². The maximum Gasteiger partial charge on any atom is 0.322 e. The predicted molar refractivity (Wildman–Crippen MR) is 90.3 cm³/mol. The Kier molecular flexibility index (Phi) is 5.83. The summed E-state index contributed by atoms with van der Waals surface area (Å²) < 4.78 is 4.72. The molecule has 1 atom stereocenters. The highest BCUT2D eigenvalue weighted by Crippen LogP contribution is 2.30. The number of benzene rings is 1. The Morgan fingerprint density at radius 3 is 2.59 bits per heavy atom. The lowest BCUT2D eigenvalue weighted by Crippen LogP contribution is -2.34. The number of methoxy groups -OCH3 is 1. The molecule has 2 N–H and O–H groups in total. The van der Waals surface area contributed by atoms with Crippen molar-refractivity contribution in [3.8, 4) is 0 Å². The molecule has 0 amide bonds. The van der Waals surface area contributed by atoms with Gasteiger partial charge in [0.15, 0.2) is 0 Å². The summed E-state index contributed by atoms with van der Waals surface area (Å²) in [7, 11) is 1.38. The van der Waals surface area contributed by atoms with E-state index in [2.05, 4.69) is 30.9 Å². The monoisotopic (exact) mass is 304 g/mol. The third-order valence-corrected chi connectivity index (χ3v) is 4.45. The van der Waals surface area contributed by atoms with Gasteiger partial charge in [-0.05, 0) is 55.7 Å². The Balaban J connectivity index is 2.25. The number of nitrogens with zero attached hydrogens (tertiary/aromatic N) is 1. The van der Waals surface area contributed by atoms with E-state index in [9.17, 15) is 4.79 Å². The smallest absolute Gasteiger partial charge is 0.322 e. The highest BCUT2D eigenvalue weighted by molar-refractivity contribution is 5.75. The molecule has 1 saturated heterocycles. The summed E-state index contributed by atoms with van der Waals surface area (Å²) in [5.74, 6) is -0.351. The highest BCUT2D eigenvalue weighted by Gasteiger charge is 2.19. The molecule has 1 unspecified atom stereocenters. The number of ether oxygens (including phenoxy) is 1. The summed E-state index contributed by atoms with van der Waals surface area (Å²) in [5.41, 5.74) is 11.0. The Hall–Kier alpha value is -1.55. The second kappa shape index (κ2) is 7.63. The van der Waals surface area contributed by atoms with E-state index < -0.39 is 6.04 Å². The van der Waals surface area contributed by atoms with E-state index >= 15 is 0 Å². The molecule has 1 heterocycles. The van der Waals surface area contributed by atoms with E-state index in [1.54, 1.807) is 0 Å². The SMILES string of the molecule is CCc1cc(CC(N)C(=O)OC)cc(C)c1N1CCCCC1. The molecule has 0 radical (unpaired) electrons. The van der Waals surface area contributed by atoms with Crippen molar-refractivity contribution in [1.82, 2.24) is 0 Å². The minimum absolute atomic E-state index is 0.351. The first-order valence-corrected chi connectivity index (χ1v) is 8.27. The van der Waals surface area contributed by atoms with Crippen molar-refractivity contribution in [2.24, 2.45) is 5.73 Å². The van der Waals surface area contributed by atoms with Gasteiger partial charge in [-0.3, -0.25) is 4.79 Å². The van der Waals surface area contributed by atoms with E-state index in [1.807, 2.05) is 0 Å². The van der Waals surface area contributed by atoms with E-state index in [4.69, 9.17) is 10.5 Å². The highest BCUT2D eigenvalue weighted by atomic mass is 16.5. The van der Waals surface area contributed by atoms with Crippen molar-refractivity contribution >= 4 is 11.7 Å². The fourth-order valence-electron chi connectivity index (χ4n) is 3.38. The van der Waals surface area contributed by atoms with Gasteiger partial charge in [0.1, 0.15) is 6.04 Å². The zero-order valence-electron chi connectivity index (χ0n) is 14.0. The van der Waals surface area contributed by atoms with Crippen LogP contribution in [0.15, 0.2) is 12.1 Å². The second-order valence-electron chi connectivity index (χ2n) is 6.16. The summed E-state index contributed by atoms with van der Waals surface area (Å²) in [4.78, 5) is 14.0. The van der Waals surface area contributed by atoms with Gasteiger partial charge in [0.2, 0.25) is 0 Å². The topological polar surface area (TPSA) is 55.6 Å². The quantitative estimate of drug-likeness (QED) is 0.850. The van der Waals surface area contributed by atoms with E-state index in [1.165, 1.54) is 43.2 Å².